The van der Waals surface area contributed by atoms with Crippen LogP contribution in [0.3, 0.4) is 0 Å². The SMILES string of the molecule is CCCCN1C(=O)C(=O)/C(=C(\O)c2ccc(Cl)c(Cl)c2)C1c1ccc(C)o1. The predicted octanol–water partition coefficient (Wildman–Crippen LogP) is 5.12. The van der Waals surface area contributed by atoms with Crippen molar-refractivity contribution in [3.8, 4) is 0 Å². The molecule has 1 aliphatic rings. The topological polar surface area (TPSA) is 70.8 Å². The van der Waals surface area contributed by atoms with Crippen LogP contribution in [0.25, 0.3) is 5.76 Å². The lowest BCUT2D eigenvalue weighted by Gasteiger charge is -2.23. The van der Waals surface area contributed by atoms with E-state index in [-0.39, 0.29) is 16.4 Å². The van der Waals surface area contributed by atoms with Crippen molar-refractivity contribution in [2.75, 3.05) is 6.54 Å². The van der Waals surface area contributed by atoms with E-state index >= 15 is 0 Å². The maximum absolute atomic E-state index is 12.7. The summed E-state index contributed by atoms with van der Waals surface area (Å²) >= 11 is 12.0. The van der Waals surface area contributed by atoms with Gasteiger partial charge < -0.3 is 14.4 Å². The van der Waals surface area contributed by atoms with Gasteiger partial charge in [0.25, 0.3) is 11.7 Å². The molecule has 2 aromatic rings. The molecule has 1 fully saturated rings. The van der Waals surface area contributed by atoms with Gasteiger partial charge in [0.15, 0.2) is 0 Å². The first-order valence-electron chi connectivity index (χ1n) is 8.65. The van der Waals surface area contributed by atoms with E-state index in [1.165, 1.54) is 17.0 Å². The highest BCUT2D eigenvalue weighted by Gasteiger charge is 2.47. The Morgan fingerprint density at radius 1 is 1.19 bits per heavy atom. The second kappa shape index (κ2) is 7.79. The molecule has 1 amide bonds. The molecule has 142 valence electrons. The highest BCUT2D eigenvalue weighted by Crippen LogP contribution is 2.40. The Hall–Kier alpha value is -2.24. The van der Waals surface area contributed by atoms with E-state index in [0.717, 1.165) is 12.8 Å². The van der Waals surface area contributed by atoms with Gasteiger partial charge >= 0.3 is 0 Å². The molecule has 0 radical (unpaired) electrons. The number of aliphatic hydroxyl groups is 1. The standard InChI is InChI=1S/C20H19Cl2NO4/c1-3-4-9-23-17(15-8-5-11(2)27-15)16(19(25)20(23)26)18(24)12-6-7-13(21)14(22)10-12/h5-8,10,17,24H,3-4,9H2,1-2H3/b18-16-. The summed E-state index contributed by atoms with van der Waals surface area (Å²) in [5.74, 6) is -0.604. The Morgan fingerprint density at radius 2 is 1.93 bits per heavy atom. The van der Waals surface area contributed by atoms with E-state index in [9.17, 15) is 14.7 Å². The first-order valence-corrected chi connectivity index (χ1v) is 9.41. The predicted molar refractivity (Wildman–Crippen MR) is 104 cm³/mol. The molecule has 0 bridgehead atoms. The van der Waals surface area contributed by atoms with Gasteiger partial charge in [-0.1, -0.05) is 36.5 Å². The normalized spacial score (nSPS) is 19.1. The molecule has 3 rings (SSSR count). The largest absolute Gasteiger partial charge is 0.507 e. The molecule has 1 aliphatic heterocycles. The maximum Gasteiger partial charge on any atom is 0.295 e. The van der Waals surface area contributed by atoms with Gasteiger partial charge in [0.05, 0.1) is 15.6 Å². The average molecular weight is 408 g/mol. The van der Waals surface area contributed by atoms with Crippen LogP contribution in [-0.4, -0.2) is 28.2 Å². The van der Waals surface area contributed by atoms with Crippen molar-refractivity contribution in [1.29, 1.82) is 0 Å². The second-order valence-corrected chi connectivity index (χ2v) is 7.24. The minimum absolute atomic E-state index is 0.0103. The van der Waals surface area contributed by atoms with E-state index in [0.29, 0.717) is 28.7 Å². The number of aliphatic hydroxyl groups excluding tert-OH is 1. The molecule has 1 atom stereocenters. The van der Waals surface area contributed by atoms with E-state index in [2.05, 4.69) is 0 Å². The van der Waals surface area contributed by atoms with Crippen LogP contribution in [0, 0.1) is 6.92 Å². The number of amides is 1. The van der Waals surface area contributed by atoms with Crippen LogP contribution in [0.2, 0.25) is 10.0 Å². The number of carbonyl (C=O) groups is 2. The van der Waals surface area contributed by atoms with Gasteiger partial charge in [0.2, 0.25) is 0 Å². The van der Waals surface area contributed by atoms with Crippen LogP contribution in [0.1, 0.15) is 42.9 Å². The van der Waals surface area contributed by atoms with Crippen molar-refractivity contribution >= 4 is 40.7 Å². The lowest BCUT2D eigenvalue weighted by Crippen LogP contribution is -2.30. The lowest BCUT2D eigenvalue weighted by molar-refractivity contribution is -0.140. The van der Waals surface area contributed by atoms with Gasteiger partial charge in [-0.25, -0.2) is 0 Å². The number of hydrogen-bond acceptors (Lipinski definition) is 4. The van der Waals surface area contributed by atoms with Crippen molar-refractivity contribution in [1.82, 2.24) is 4.90 Å². The van der Waals surface area contributed by atoms with Crippen LogP contribution in [0.5, 0.6) is 0 Å². The van der Waals surface area contributed by atoms with Gasteiger partial charge in [-0.3, -0.25) is 9.59 Å². The number of rotatable bonds is 5. The van der Waals surface area contributed by atoms with E-state index in [4.69, 9.17) is 27.6 Å². The Balaban J connectivity index is 2.16. The van der Waals surface area contributed by atoms with Gasteiger partial charge in [-0.2, -0.15) is 0 Å². The number of likely N-dealkylation sites (tertiary alicyclic amines) is 1. The molecule has 1 N–H and O–H groups in total. The first kappa shape index (κ1) is 19.5. The molecule has 1 aromatic carbocycles. The monoisotopic (exact) mass is 407 g/mol. The zero-order valence-corrected chi connectivity index (χ0v) is 16.5. The molecular weight excluding hydrogens is 389 g/mol. The van der Waals surface area contributed by atoms with Crippen LogP contribution in [0.15, 0.2) is 40.3 Å². The third kappa shape index (κ3) is 3.62. The fourth-order valence-electron chi connectivity index (χ4n) is 3.13. The fraction of sp³-hybridized carbons (Fsp3) is 0.300. The molecule has 0 saturated carbocycles. The Labute approximate surface area is 167 Å². The summed E-state index contributed by atoms with van der Waals surface area (Å²) in [5, 5.41) is 11.4. The molecule has 7 heteroatoms. The number of carbonyl (C=O) groups excluding carboxylic acids is 2. The minimum Gasteiger partial charge on any atom is -0.507 e. The summed E-state index contributed by atoms with van der Waals surface area (Å²) in [6.07, 6.45) is 1.59. The van der Waals surface area contributed by atoms with Crippen LogP contribution in [0.4, 0.5) is 0 Å². The molecule has 5 nitrogen and oxygen atoms in total. The van der Waals surface area contributed by atoms with Crippen molar-refractivity contribution in [3.05, 3.63) is 63.0 Å². The quantitative estimate of drug-likeness (QED) is 0.424. The summed E-state index contributed by atoms with van der Waals surface area (Å²) in [5.41, 5.74) is 0.301. The molecular formula is C20H19Cl2NO4. The first-order chi connectivity index (χ1) is 12.8. The van der Waals surface area contributed by atoms with Crippen molar-refractivity contribution in [3.63, 3.8) is 0 Å². The number of unbranched alkanes of at least 4 members (excludes halogenated alkanes) is 1. The number of aryl methyl sites for hydroxylation is 1. The van der Waals surface area contributed by atoms with E-state index < -0.39 is 17.7 Å². The highest BCUT2D eigenvalue weighted by atomic mass is 35.5. The number of nitrogens with zero attached hydrogens (tertiary/aromatic N) is 1. The average Bonchev–Trinajstić information content (AvgIpc) is 3.17. The van der Waals surface area contributed by atoms with Gasteiger partial charge in [0, 0.05) is 12.1 Å². The van der Waals surface area contributed by atoms with Gasteiger partial charge in [-0.05, 0) is 43.7 Å². The van der Waals surface area contributed by atoms with E-state index in [1.807, 2.05) is 6.92 Å². The van der Waals surface area contributed by atoms with Crippen LogP contribution < -0.4 is 0 Å². The number of ketones is 1. The lowest BCUT2D eigenvalue weighted by atomic mass is 9.99. The Morgan fingerprint density at radius 3 is 2.52 bits per heavy atom. The third-order valence-corrected chi connectivity index (χ3v) is 5.26. The summed E-state index contributed by atoms with van der Waals surface area (Å²) in [7, 11) is 0. The molecule has 27 heavy (non-hydrogen) atoms. The minimum atomic E-state index is -0.778. The van der Waals surface area contributed by atoms with Crippen molar-refractivity contribution in [2.45, 2.75) is 32.7 Å². The summed E-state index contributed by atoms with van der Waals surface area (Å²) in [6, 6.07) is 7.23. The second-order valence-electron chi connectivity index (χ2n) is 6.42. The van der Waals surface area contributed by atoms with Crippen LogP contribution >= 0.6 is 23.2 Å². The van der Waals surface area contributed by atoms with Crippen LogP contribution in [-0.2, 0) is 9.59 Å². The molecule has 0 aliphatic carbocycles. The number of furan rings is 1. The zero-order valence-electron chi connectivity index (χ0n) is 15.0. The molecule has 1 saturated heterocycles. The number of Topliss-reactive ketones (excluding diaryl/α,β-unsaturated/α-hetero) is 1. The summed E-state index contributed by atoms with van der Waals surface area (Å²) in [6.45, 7) is 4.17. The Bertz CT molecular complexity index is 932. The zero-order chi connectivity index (χ0) is 19.7. The molecule has 1 aromatic heterocycles. The number of benzene rings is 1. The molecule has 2 heterocycles. The summed E-state index contributed by atoms with van der Waals surface area (Å²) < 4.78 is 5.69. The summed E-state index contributed by atoms with van der Waals surface area (Å²) in [4.78, 5) is 26.8. The maximum atomic E-state index is 12.7. The van der Waals surface area contributed by atoms with Gasteiger partial charge in [-0.15, -0.1) is 0 Å². The van der Waals surface area contributed by atoms with Gasteiger partial charge in [0.1, 0.15) is 23.3 Å². The highest BCUT2D eigenvalue weighted by molar-refractivity contribution is 6.46. The Kier molecular flexibility index (Phi) is 5.63. The molecule has 0 spiro atoms. The van der Waals surface area contributed by atoms with Crippen molar-refractivity contribution < 1.29 is 19.1 Å². The number of halogens is 2. The molecule has 1 unspecified atom stereocenters. The smallest absolute Gasteiger partial charge is 0.295 e. The number of hydrogen-bond donors (Lipinski definition) is 1. The fourth-order valence-corrected chi connectivity index (χ4v) is 3.43. The van der Waals surface area contributed by atoms with E-state index in [1.54, 1.807) is 25.1 Å². The third-order valence-electron chi connectivity index (χ3n) is 4.52. The van der Waals surface area contributed by atoms with Crippen molar-refractivity contribution in [2.24, 2.45) is 0 Å².